The Balaban J connectivity index is 1.75. The second-order valence-corrected chi connectivity index (χ2v) is 4.57. The molecule has 4 nitrogen and oxygen atoms in total. The molecule has 0 radical (unpaired) electrons. The van der Waals surface area contributed by atoms with Crippen LogP contribution in [0.1, 0.15) is 5.56 Å². The summed E-state index contributed by atoms with van der Waals surface area (Å²) in [6, 6.07) is 16.1. The Morgan fingerprint density at radius 3 is 2.80 bits per heavy atom. The number of hydrogen-bond acceptors (Lipinski definition) is 3. The molecule has 0 aliphatic heterocycles. The van der Waals surface area contributed by atoms with Gasteiger partial charge in [0.05, 0.1) is 6.33 Å². The largest absolute Gasteiger partial charge is 0.398 e. The average Bonchev–Trinajstić information content (AvgIpc) is 3.01. The van der Waals surface area contributed by atoms with Gasteiger partial charge in [0.1, 0.15) is 0 Å². The molecule has 0 unspecified atom stereocenters. The molecule has 0 bridgehead atoms. The molecule has 20 heavy (non-hydrogen) atoms. The molecule has 3 rings (SSSR count). The van der Waals surface area contributed by atoms with E-state index in [1.54, 1.807) is 12.5 Å². The third-order valence-electron chi connectivity index (χ3n) is 3.19. The SMILES string of the molecule is Nc1ccccc1CNc1cccc(-n2ccnc2)c1. The summed E-state index contributed by atoms with van der Waals surface area (Å²) in [6.45, 7) is 0.708. The minimum Gasteiger partial charge on any atom is -0.398 e. The van der Waals surface area contributed by atoms with E-state index in [1.807, 2.05) is 53.2 Å². The summed E-state index contributed by atoms with van der Waals surface area (Å²) in [5.41, 5.74) is 9.98. The van der Waals surface area contributed by atoms with E-state index in [0.717, 1.165) is 22.6 Å². The van der Waals surface area contributed by atoms with Crippen molar-refractivity contribution in [3.8, 4) is 5.69 Å². The number of imidazole rings is 1. The van der Waals surface area contributed by atoms with Gasteiger partial charge in [0, 0.05) is 36.0 Å². The summed E-state index contributed by atoms with van der Waals surface area (Å²) in [7, 11) is 0. The molecule has 1 aromatic heterocycles. The average molecular weight is 264 g/mol. The van der Waals surface area contributed by atoms with Crippen molar-refractivity contribution in [1.29, 1.82) is 0 Å². The van der Waals surface area contributed by atoms with Crippen LogP contribution in [0.3, 0.4) is 0 Å². The highest BCUT2D eigenvalue weighted by molar-refractivity contribution is 5.53. The Hall–Kier alpha value is -2.75. The van der Waals surface area contributed by atoms with Gasteiger partial charge >= 0.3 is 0 Å². The predicted molar refractivity (Wildman–Crippen MR) is 81.7 cm³/mol. The van der Waals surface area contributed by atoms with Gasteiger partial charge in [0.2, 0.25) is 0 Å². The van der Waals surface area contributed by atoms with Crippen molar-refractivity contribution < 1.29 is 0 Å². The van der Waals surface area contributed by atoms with E-state index < -0.39 is 0 Å². The number of nitrogen functional groups attached to an aromatic ring is 1. The number of rotatable bonds is 4. The highest BCUT2D eigenvalue weighted by Crippen LogP contribution is 2.17. The van der Waals surface area contributed by atoms with E-state index in [-0.39, 0.29) is 0 Å². The molecule has 0 aliphatic carbocycles. The number of nitrogens with one attached hydrogen (secondary N) is 1. The van der Waals surface area contributed by atoms with Crippen LogP contribution >= 0.6 is 0 Å². The van der Waals surface area contributed by atoms with Crippen LogP contribution in [-0.2, 0) is 6.54 Å². The van der Waals surface area contributed by atoms with Gasteiger partial charge in [0.25, 0.3) is 0 Å². The molecule has 3 N–H and O–H groups in total. The zero-order valence-electron chi connectivity index (χ0n) is 11.0. The zero-order chi connectivity index (χ0) is 13.8. The number of nitrogens with two attached hydrogens (primary N) is 1. The lowest BCUT2D eigenvalue weighted by Gasteiger charge is -2.10. The van der Waals surface area contributed by atoms with Crippen LogP contribution in [0.25, 0.3) is 5.69 Å². The molecule has 4 heteroatoms. The van der Waals surface area contributed by atoms with Crippen molar-refractivity contribution in [2.75, 3.05) is 11.1 Å². The maximum atomic E-state index is 5.94. The molecule has 0 atom stereocenters. The summed E-state index contributed by atoms with van der Waals surface area (Å²) in [5.74, 6) is 0. The van der Waals surface area contributed by atoms with Gasteiger partial charge in [-0.15, -0.1) is 0 Å². The fourth-order valence-electron chi connectivity index (χ4n) is 2.08. The molecule has 0 aliphatic rings. The third-order valence-corrected chi connectivity index (χ3v) is 3.19. The van der Waals surface area contributed by atoms with Crippen LogP contribution in [-0.4, -0.2) is 9.55 Å². The minimum atomic E-state index is 0.708. The first-order chi connectivity index (χ1) is 9.83. The summed E-state index contributed by atoms with van der Waals surface area (Å²) >= 11 is 0. The Bertz CT molecular complexity index is 689. The van der Waals surface area contributed by atoms with Crippen molar-refractivity contribution in [3.63, 3.8) is 0 Å². The van der Waals surface area contributed by atoms with Crippen LogP contribution in [0.4, 0.5) is 11.4 Å². The highest BCUT2D eigenvalue weighted by Gasteiger charge is 2.00. The Morgan fingerprint density at radius 1 is 1.10 bits per heavy atom. The number of para-hydroxylation sites is 1. The smallest absolute Gasteiger partial charge is 0.0991 e. The van der Waals surface area contributed by atoms with Gasteiger partial charge in [-0.3, -0.25) is 0 Å². The zero-order valence-corrected chi connectivity index (χ0v) is 11.0. The van der Waals surface area contributed by atoms with Crippen molar-refractivity contribution in [3.05, 3.63) is 72.8 Å². The van der Waals surface area contributed by atoms with E-state index in [2.05, 4.69) is 16.4 Å². The van der Waals surface area contributed by atoms with Crippen molar-refractivity contribution >= 4 is 11.4 Å². The predicted octanol–water partition coefficient (Wildman–Crippen LogP) is 3.07. The third kappa shape index (κ3) is 2.64. The molecule has 0 amide bonds. The maximum Gasteiger partial charge on any atom is 0.0991 e. The number of anilines is 2. The van der Waals surface area contributed by atoms with E-state index in [0.29, 0.717) is 6.54 Å². The number of aromatic nitrogens is 2. The van der Waals surface area contributed by atoms with Crippen LogP contribution in [0, 0.1) is 0 Å². The van der Waals surface area contributed by atoms with Gasteiger partial charge in [0.15, 0.2) is 0 Å². The van der Waals surface area contributed by atoms with Gasteiger partial charge in [-0.25, -0.2) is 4.98 Å². The van der Waals surface area contributed by atoms with Crippen molar-refractivity contribution in [1.82, 2.24) is 9.55 Å². The van der Waals surface area contributed by atoms with E-state index in [9.17, 15) is 0 Å². The fraction of sp³-hybridized carbons (Fsp3) is 0.0625. The summed E-state index contributed by atoms with van der Waals surface area (Å²) in [4.78, 5) is 4.06. The lowest BCUT2D eigenvalue weighted by atomic mass is 10.2. The summed E-state index contributed by atoms with van der Waals surface area (Å²) in [5, 5.41) is 3.39. The van der Waals surface area contributed by atoms with Crippen LogP contribution in [0.15, 0.2) is 67.3 Å². The number of hydrogen-bond donors (Lipinski definition) is 2. The number of benzene rings is 2. The van der Waals surface area contributed by atoms with E-state index >= 15 is 0 Å². The minimum absolute atomic E-state index is 0.708. The monoisotopic (exact) mass is 264 g/mol. The van der Waals surface area contributed by atoms with Gasteiger partial charge in [-0.2, -0.15) is 0 Å². The Labute approximate surface area is 117 Å². The van der Waals surface area contributed by atoms with E-state index in [1.165, 1.54) is 0 Å². The molecule has 1 heterocycles. The molecular weight excluding hydrogens is 248 g/mol. The summed E-state index contributed by atoms with van der Waals surface area (Å²) in [6.07, 6.45) is 5.48. The van der Waals surface area contributed by atoms with Gasteiger partial charge < -0.3 is 15.6 Å². The molecule has 0 spiro atoms. The lowest BCUT2D eigenvalue weighted by molar-refractivity contribution is 1.05. The molecule has 2 aromatic carbocycles. The first-order valence-corrected chi connectivity index (χ1v) is 6.48. The van der Waals surface area contributed by atoms with Gasteiger partial charge in [-0.1, -0.05) is 24.3 Å². The number of nitrogens with zero attached hydrogens (tertiary/aromatic N) is 2. The molecule has 0 saturated heterocycles. The highest BCUT2D eigenvalue weighted by atomic mass is 15.0. The standard InChI is InChI=1S/C16H16N4/c17-16-7-2-1-4-13(16)11-19-14-5-3-6-15(10-14)20-9-8-18-12-20/h1-10,12,19H,11,17H2. The fourth-order valence-corrected chi connectivity index (χ4v) is 2.08. The first-order valence-electron chi connectivity index (χ1n) is 6.48. The molecular formula is C16H16N4. The molecule has 100 valence electrons. The second kappa shape index (κ2) is 5.48. The first kappa shape index (κ1) is 12.3. The normalized spacial score (nSPS) is 10.4. The van der Waals surface area contributed by atoms with Gasteiger partial charge in [-0.05, 0) is 29.8 Å². The topological polar surface area (TPSA) is 55.9 Å². The maximum absolute atomic E-state index is 5.94. The second-order valence-electron chi connectivity index (χ2n) is 4.57. The van der Waals surface area contributed by atoms with E-state index in [4.69, 9.17) is 5.73 Å². The Morgan fingerprint density at radius 2 is 2.00 bits per heavy atom. The molecule has 3 aromatic rings. The molecule has 0 saturated carbocycles. The van der Waals surface area contributed by atoms with Crippen LogP contribution < -0.4 is 11.1 Å². The van der Waals surface area contributed by atoms with Crippen LogP contribution in [0.5, 0.6) is 0 Å². The summed E-state index contributed by atoms with van der Waals surface area (Å²) < 4.78 is 1.97. The quantitative estimate of drug-likeness (QED) is 0.712. The van der Waals surface area contributed by atoms with Crippen molar-refractivity contribution in [2.45, 2.75) is 6.54 Å². The Kier molecular flexibility index (Phi) is 3.37. The lowest BCUT2D eigenvalue weighted by Crippen LogP contribution is -2.03. The van der Waals surface area contributed by atoms with Crippen LogP contribution in [0.2, 0.25) is 0 Å². The molecule has 0 fully saturated rings. The van der Waals surface area contributed by atoms with Crippen molar-refractivity contribution in [2.24, 2.45) is 0 Å².